The first kappa shape index (κ1) is 20.2. The quantitative estimate of drug-likeness (QED) is 0.677. The summed E-state index contributed by atoms with van der Waals surface area (Å²) in [5.41, 5.74) is 0.548. The lowest BCUT2D eigenvalue weighted by Crippen LogP contribution is -2.68. The monoisotopic (exact) mass is 410 g/mol. The van der Waals surface area contributed by atoms with Gasteiger partial charge in [0.1, 0.15) is 11.2 Å². The Kier molecular flexibility index (Phi) is 4.69. The van der Waals surface area contributed by atoms with Crippen LogP contribution in [0.2, 0.25) is 0 Å². The first-order valence-electron chi connectivity index (χ1n) is 11.4. The van der Waals surface area contributed by atoms with E-state index in [0.29, 0.717) is 0 Å². The van der Waals surface area contributed by atoms with Crippen molar-refractivity contribution in [2.75, 3.05) is 0 Å². The lowest BCUT2D eigenvalue weighted by Gasteiger charge is -2.58. The summed E-state index contributed by atoms with van der Waals surface area (Å²) in [6, 6.07) is 16.6. The summed E-state index contributed by atoms with van der Waals surface area (Å²) in [5, 5.41) is 25.5. The first-order valence-corrected chi connectivity index (χ1v) is 11.4. The molecule has 0 spiro atoms. The van der Waals surface area contributed by atoms with Crippen LogP contribution < -0.4 is 0 Å². The minimum atomic E-state index is -1.29. The van der Waals surface area contributed by atoms with E-state index >= 15 is 0 Å². The van der Waals surface area contributed by atoms with Gasteiger partial charge in [-0.15, -0.1) is 0 Å². The summed E-state index contributed by atoms with van der Waals surface area (Å²) in [7, 11) is 0. The van der Waals surface area contributed by atoms with Crippen LogP contribution in [-0.4, -0.2) is 21.4 Å². The average molecular weight is 411 g/mol. The molecule has 4 atom stereocenters. The fourth-order valence-corrected chi connectivity index (χ4v) is 6.46. The molecule has 4 unspecified atom stereocenters. The molecule has 0 radical (unpaired) electrons. The van der Waals surface area contributed by atoms with Crippen LogP contribution >= 0.6 is 0 Å². The third-order valence-electron chi connectivity index (χ3n) is 7.77. The van der Waals surface area contributed by atoms with E-state index in [1.165, 1.54) is 0 Å². The summed E-state index contributed by atoms with van der Waals surface area (Å²) in [5.74, 6) is -0.255. The van der Waals surface area contributed by atoms with Crippen molar-refractivity contribution in [2.45, 2.75) is 43.3 Å². The highest BCUT2D eigenvalue weighted by Gasteiger charge is 2.69. The number of fused-ring (bicyclic) bond motifs is 3. The fraction of sp³-hybridized carbons (Fsp3) is 0.310. The summed E-state index contributed by atoms with van der Waals surface area (Å²) >= 11 is 0. The molecule has 3 aliphatic rings. The van der Waals surface area contributed by atoms with Crippen molar-refractivity contribution >= 4 is 0 Å². The Balaban J connectivity index is 1.96. The number of allylic oxidation sites excluding steroid dienone is 4. The summed E-state index contributed by atoms with van der Waals surface area (Å²) in [4.78, 5) is 0. The van der Waals surface area contributed by atoms with Gasteiger partial charge in [0.2, 0.25) is 0 Å². The molecular weight excluding hydrogens is 380 g/mol. The van der Waals surface area contributed by atoms with Gasteiger partial charge in [0, 0.05) is 11.8 Å². The first-order chi connectivity index (χ1) is 15.0. The zero-order valence-electron chi connectivity index (χ0n) is 18.2. The van der Waals surface area contributed by atoms with Gasteiger partial charge >= 0.3 is 0 Å². The molecule has 2 N–H and O–H groups in total. The molecule has 0 fully saturated rings. The lowest BCUT2D eigenvalue weighted by atomic mass is 9.48. The molecule has 2 heteroatoms. The van der Waals surface area contributed by atoms with E-state index in [4.69, 9.17) is 0 Å². The molecule has 0 amide bonds. The fourth-order valence-electron chi connectivity index (χ4n) is 6.46. The second-order valence-corrected chi connectivity index (χ2v) is 9.01. The molecule has 2 aromatic rings. The second-order valence-electron chi connectivity index (χ2n) is 9.01. The predicted molar refractivity (Wildman–Crippen MR) is 127 cm³/mol. The van der Waals surface area contributed by atoms with E-state index in [0.717, 1.165) is 35.1 Å². The summed E-state index contributed by atoms with van der Waals surface area (Å²) in [6.45, 7) is 4.22. The Bertz CT molecular complexity index is 1030. The van der Waals surface area contributed by atoms with Crippen molar-refractivity contribution in [3.8, 4) is 11.1 Å². The molecular formula is C29H30O2. The van der Waals surface area contributed by atoms with Crippen LogP contribution in [-0.2, 0) is 5.41 Å². The molecule has 0 bridgehead atoms. The number of hydrogen-bond acceptors (Lipinski definition) is 2. The Hall–Kier alpha value is -2.68. The highest BCUT2D eigenvalue weighted by molar-refractivity contribution is 5.84. The lowest BCUT2D eigenvalue weighted by molar-refractivity contribution is -0.121. The van der Waals surface area contributed by atoms with Gasteiger partial charge in [0.05, 0.1) is 5.41 Å². The van der Waals surface area contributed by atoms with Crippen molar-refractivity contribution in [2.24, 2.45) is 11.8 Å². The normalized spacial score (nSPS) is 32.1. The Morgan fingerprint density at radius 3 is 1.48 bits per heavy atom. The number of aliphatic hydroxyl groups is 2. The number of rotatable bonds is 4. The molecule has 5 rings (SSSR count). The summed E-state index contributed by atoms with van der Waals surface area (Å²) in [6.07, 6.45) is 17.5. The molecule has 0 saturated heterocycles. The molecule has 2 nitrogen and oxygen atoms in total. The molecule has 0 saturated carbocycles. The zero-order valence-corrected chi connectivity index (χ0v) is 18.2. The standard InChI is InChI=1S/C29H30O2/c1-3-21-13-9-11-19-27(21,30)29(28(31)20-12-10-14-22(28)4-2)25-17-7-5-15-23(25)24-16-6-8-18-26(24)29/h5-22,30-31H,3-4H2,1-2H3. The van der Waals surface area contributed by atoms with Crippen LogP contribution in [0.3, 0.4) is 0 Å². The third-order valence-corrected chi connectivity index (χ3v) is 7.77. The van der Waals surface area contributed by atoms with Crippen molar-refractivity contribution in [1.82, 2.24) is 0 Å². The van der Waals surface area contributed by atoms with Gasteiger partial charge in [-0.2, -0.15) is 0 Å². The van der Waals surface area contributed by atoms with Gasteiger partial charge in [-0.3, -0.25) is 0 Å². The largest absolute Gasteiger partial charge is 0.384 e. The number of benzene rings is 2. The van der Waals surface area contributed by atoms with E-state index in [1.807, 2.05) is 60.7 Å². The van der Waals surface area contributed by atoms with Crippen molar-refractivity contribution < 1.29 is 10.2 Å². The van der Waals surface area contributed by atoms with Gasteiger partial charge < -0.3 is 10.2 Å². The van der Waals surface area contributed by atoms with E-state index < -0.39 is 16.6 Å². The van der Waals surface area contributed by atoms with Gasteiger partial charge in [0.25, 0.3) is 0 Å². The van der Waals surface area contributed by atoms with Crippen molar-refractivity contribution in [3.63, 3.8) is 0 Å². The van der Waals surface area contributed by atoms with Gasteiger partial charge in [-0.05, 0) is 35.1 Å². The van der Waals surface area contributed by atoms with Gasteiger partial charge in [-0.1, -0.05) is 111 Å². The topological polar surface area (TPSA) is 40.5 Å². The van der Waals surface area contributed by atoms with Crippen LogP contribution in [0.4, 0.5) is 0 Å². The van der Waals surface area contributed by atoms with Crippen LogP contribution in [0.1, 0.15) is 37.8 Å². The molecule has 0 aromatic heterocycles. The molecule has 3 aliphatic carbocycles. The highest BCUT2D eigenvalue weighted by Crippen LogP contribution is 2.64. The van der Waals surface area contributed by atoms with Crippen molar-refractivity contribution in [1.29, 1.82) is 0 Å². The van der Waals surface area contributed by atoms with Crippen LogP contribution in [0.15, 0.2) is 97.1 Å². The Morgan fingerprint density at radius 1 is 0.645 bits per heavy atom. The molecule has 0 heterocycles. The average Bonchev–Trinajstić information content (AvgIpc) is 3.12. The molecule has 2 aromatic carbocycles. The van der Waals surface area contributed by atoms with Crippen molar-refractivity contribution in [3.05, 3.63) is 108 Å². The van der Waals surface area contributed by atoms with Crippen LogP contribution in [0.25, 0.3) is 11.1 Å². The van der Waals surface area contributed by atoms with Gasteiger partial charge in [0.15, 0.2) is 0 Å². The minimum Gasteiger partial charge on any atom is -0.384 e. The predicted octanol–water partition coefficient (Wildman–Crippen LogP) is 5.72. The second kappa shape index (κ2) is 7.19. The summed E-state index contributed by atoms with van der Waals surface area (Å²) < 4.78 is 0. The van der Waals surface area contributed by atoms with Crippen LogP contribution in [0, 0.1) is 11.8 Å². The SMILES string of the molecule is CCC1C=CC=CC1(O)C1(C2(O)C=CC=CC2CC)c2ccccc2-c2ccccc21. The highest BCUT2D eigenvalue weighted by atomic mass is 16.3. The maximum atomic E-state index is 12.7. The Labute approximate surface area is 185 Å². The third kappa shape index (κ3) is 2.41. The number of hydrogen-bond donors (Lipinski definition) is 2. The molecule has 158 valence electrons. The smallest absolute Gasteiger partial charge is 0.106 e. The van der Waals surface area contributed by atoms with E-state index in [2.05, 4.69) is 50.3 Å². The maximum Gasteiger partial charge on any atom is 0.106 e. The maximum absolute atomic E-state index is 12.7. The van der Waals surface area contributed by atoms with E-state index in [-0.39, 0.29) is 11.8 Å². The van der Waals surface area contributed by atoms with E-state index in [9.17, 15) is 10.2 Å². The molecule has 31 heavy (non-hydrogen) atoms. The zero-order chi connectivity index (χ0) is 21.7. The van der Waals surface area contributed by atoms with Gasteiger partial charge in [-0.25, -0.2) is 0 Å². The minimum absolute atomic E-state index is 0.127. The molecule has 0 aliphatic heterocycles. The van der Waals surface area contributed by atoms with Crippen LogP contribution in [0.5, 0.6) is 0 Å². The Morgan fingerprint density at radius 2 is 1.06 bits per heavy atom. The van der Waals surface area contributed by atoms with E-state index in [1.54, 1.807) is 0 Å².